The Morgan fingerprint density at radius 1 is 1.26 bits per heavy atom. The molecule has 0 saturated heterocycles. The predicted molar refractivity (Wildman–Crippen MR) is 118 cm³/mol. The Hall–Kier alpha value is -4.45. The number of carbonyl (C=O) groups excluding carboxylic acids is 1. The topological polar surface area (TPSA) is 123 Å². The molecule has 9 heteroatoms. The molecule has 1 aromatic heterocycles. The lowest BCUT2D eigenvalue weighted by Crippen LogP contribution is -2.16. The molecule has 0 fully saturated rings. The van der Waals surface area contributed by atoms with Gasteiger partial charge >= 0.3 is 5.97 Å². The first kappa shape index (κ1) is 21.3. The van der Waals surface area contributed by atoms with E-state index in [2.05, 4.69) is 20.5 Å². The number of hydrazone groups is 1. The molecule has 156 valence electrons. The smallest absolute Gasteiger partial charge is 0.339 e. The Morgan fingerprint density at radius 3 is 2.65 bits per heavy atom. The molecule has 3 aromatic rings. The SMILES string of the molecule is COC(=O)c1cc(C=NNc2nc(-c3ccccc3)c(C#N)c(=O)[nH]2)ccc1N(C)C. The van der Waals surface area contributed by atoms with Crippen LogP contribution in [0, 0.1) is 11.3 Å². The largest absolute Gasteiger partial charge is 0.465 e. The zero-order valence-corrected chi connectivity index (χ0v) is 17.2. The van der Waals surface area contributed by atoms with Crippen LogP contribution in [0.5, 0.6) is 0 Å². The van der Waals surface area contributed by atoms with Gasteiger partial charge in [-0.3, -0.25) is 9.78 Å². The fourth-order valence-electron chi connectivity index (χ4n) is 2.90. The molecule has 0 aliphatic carbocycles. The molecular formula is C22H20N6O3. The molecule has 0 unspecified atom stereocenters. The summed E-state index contributed by atoms with van der Waals surface area (Å²) in [4.78, 5) is 33.0. The van der Waals surface area contributed by atoms with Crippen molar-refractivity contribution in [3.05, 3.63) is 75.6 Å². The van der Waals surface area contributed by atoms with Gasteiger partial charge in [0.05, 0.1) is 30.3 Å². The second kappa shape index (κ2) is 9.37. The summed E-state index contributed by atoms with van der Waals surface area (Å²) < 4.78 is 4.84. The number of nitrogens with zero attached hydrogens (tertiary/aromatic N) is 4. The third kappa shape index (κ3) is 4.76. The summed E-state index contributed by atoms with van der Waals surface area (Å²) in [5.41, 5.74) is 4.65. The molecule has 0 amide bonds. The molecule has 0 aliphatic heterocycles. The summed E-state index contributed by atoms with van der Waals surface area (Å²) >= 11 is 0. The lowest BCUT2D eigenvalue weighted by atomic mass is 10.1. The minimum atomic E-state index is -0.572. The first-order valence-corrected chi connectivity index (χ1v) is 9.23. The number of esters is 1. The van der Waals surface area contributed by atoms with E-state index in [1.165, 1.54) is 13.3 Å². The van der Waals surface area contributed by atoms with Gasteiger partial charge in [0.15, 0.2) is 0 Å². The summed E-state index contributed by atoms with van der Waals surface area (Å²) in [5, 5.41) is 13.4. The van der Waals surface area contributed by atoms with Crippen LogP contribution in [-0.2, 0) is 4.74 Å². The van der Waals surface area contributed by atoms with Crippen LogP contribution in [0.1, 0.15) is 21.5 Å². The van der Waals surface area contributed by atoms with Gasteiger partial charge in [-0.15, -0.1) is 0 Å². The normalized spacial score (nSPS) is 10.5. The van der Waals surface area contributed by atoms with Crippen molar-refractivity contribution in [3.8, 4) is 17.3 Å². The van der Waals surface area contributed by atoms with E-state index in [0.717, 1.165) is 0 Å². The number of carbonyl (C=O) groups is 1. The maximum atomic E-state index is 12.3. The van der Waals surface area contributed by atoms with Crippen LogP contribution >= 0.6 is 0 Å². The maximum absolute atomic E-state index is 12.3. The lowest BCUT2D eigenvalue weighted by molar-refractivity contribution is 0.0601. The molecule has 0 saturated carbocycles. The first-order valence-electron chi connectivity index (χ1n) is 9.23. The Bertz CT molecular complexity index is 1230. The van der Waals surface area contributed by atoms with Crippen molar-refractivity contribution in [1.29, 1.82) is 5.26 Å². The van der Waals surface area contributed by atoms with Crippen molar-refractivity contribution in [1.82, 2.24) is 9.97 Å². The number of ether oxygens (including phenoxy) is 1. The second-order valence-electron chi connectivity index (χ2n) is 6.65. The quantitative estimate of drug-likeness (QED) is 0.360. The van der Waals surface area contributed by atoms with Crippen LogP contribution in [0.3, 0.4) is 0 Å². The van der Waals surface area contributed by atoms with Crippen molar-refractivity contribution >= 4 is 23.8 Å². The van der Waals surface area contributed by atoms with E-state index in [0.29, 0.717) is 22.4 Å². The van der Waals surface area contributed by atoms with Crippen LogP contribution in [0.15, 0.2) is 58.4 Å². The molecule has 3 rings (SSSR count). The molecule has 1 heterocycles. The van der Waals surface area contributed by atoms with Gasteiger partial charge in [-0.05, 0) is 17.7 Å². The van der Waals surface area contributed by atoms with E-state index >= 15 is 0 Å². The van der Waals surface area contributed by atoms with E-state index in [1.54, 1.807) is 42.5 Å². The number of hydrogen-bond donors (Lipinski definition) is 2. The molecule has 0 aliphatic rings. The number of methoxy groups -OCH3 is 1. The van der Waals surface area contributed by atoms with Crippen molar-refractivity contribution in [2.24, 2.45) is 5.10 Å². The van der Waals surface area contributed by atoms with Gasteiger partial charge in [0.2, 0.25) is 5.95 Å². The summed E-state index contributed by atoms with van der Waals surface area (Å²) in [7, 11) is 4.98. The average Bonchev–Trinajstić information content (AvgIpc) is 2.78. The average molecular weight is 416 g/mol. The van der Waals surface area contributed by atoms with E-state index in [1.807, 2.05) is 31.1 Å². The number of benzene rings is 2. The number of anilines is 2. The number of aromatic amines is 1. The molecule has 2 N–H and O–H groups in total. The summed E-state index contributed by atoms with van der Waals surface area (Å²) in [6, 6.07) is 16.0. The Morgan fingerprint density at radius 2 is 2.00 bits per heavy atom. The number of H-pyrrole nitrogens is 1. The van der Waals surface area contributed by atoms with Gasteiger partial charge in [-0.1, -0.05) is 36.4 Å². The van der Waals surface area contributed by atoms with E-state index < -0.39 is 11.5 Å². The number of rotatable bonds is 6. The highest BCUT2D eigenvalue weighted by Gasteiger charge is 2.14. The Balaban J connectivity index is 1.90. The Kier molecular flexibility index (Phi) is 6.42. The maximum Gasteiger partial charge on any atom is 0.339 e. The highest BCUT2D eigenvalue weighted by molar-refractivity contribution is 5.98. The van der Waals surface area contributed by atoms with Crippen LogP contribution < -0.4 is 15.9 Å². The van der Waals surface area contributed by atoms with E-state index in [4.69, 9.17) is 4.74 Å². The van der Waals surface area contributed by atoms with Crippen LogP contribution in [-0.4, -0.2) is 43.4 Å². The van der Waals surface area contributed by atoms with E-state index in [9.17, 15) is 14.9 Å². The summed E-state index contributed by atoms with van der Waals surface area (Å²) in [6.45, 7) is 0. The number of hydrogen-bond acceptors (Lipinski definition) is 8. The minimum absolute atomic E-state index is 0.0807. The van der Waals surface area contributed by atoms with Crippen molar-refractivity contribution in [2.45, 2.75) is 0 Å². The third-order valence-electron chi connectivity index (χ3n) is 4.37. The molecule has 0 bridgehead atoms. The predicted octanol–water partition coefficient (Wildman–Crippen LogP) is 2.61. The fourth-order valence-corrected chi connectivity index (χ4v) is 2.90. The minimum Gasteiger partial charge on any atom is -0.465 e. The van der Waals surface area contributed by atoms with Gasteiger partial charge in [0, 0.05) is 19.7 Å². The first-order chi connectivity index (χ1) is 14.9. The Labute approximate surface area is 178 Å². The number of nitriles is 1. The zero-order chi connectivity index (χ0) is 22.4. The standard InChI is InChI=1S/C22H20N6O3/c1-28(2)18-10-9-14(11-16(18)21(30)31-3)13-24-27-22-25-19(15-7-5-4-6-8-15)17(12-23)20(29)26-22/h4-11,13H,1-3H3,(H2,25,26,27,29). The van der Waals surface area contributed by atoms with Crippen LogP contribution in [0.2, 0.25) is 0 Å². The van der Waals surface area contributed by atoms with Crippen molar-refractivity contribution in [3.63, 3.8) is 0 Å². The van der Waals surface area contributed by atoms with E-state index in [-0.39, 0.29) is 17.2 Å². The molecule has 0 spiro atoms. The summed E-state index contributed by atoms with van der Waals surface area (Å²) in [6.07, 6.45) is 1.48. The van der Waals surface area contributed by atoms with Gasteiger partial charge < -0.3 is 9.64 Å². The molecule has 9 nitrogen and oxygen atoms in total. The molecule has 2 aromatic carbocycles. The van der Waals surface area contributed by atoms with Crippen LogP contribution in [0.25, 0.3) is 11.3 Å². The van der Waals surface area contributed by atoms with Gasteiger partial charge in [-0.2, -0.15) is 10.4 Å². The second-order valence-corrected chi connectivity index (χ2v) is 6.65. The van der Waals surface area contributed by atoms with Gasteiger partial charge in [0.25, 0.3) is 5.56 Å². The fraction of sp³-hybridized carbons (Fsp3) is 0.136. The highest BCUT2D eigenvalue weighted by atomic mass is 16.5. The number of aromatic nitrogens is 2. The monoisotopic (exact) mass is 416 g/mol. The summed E-state index contributed by atoms with van der Waals surface area (Å²) in [5.74, 6) is -0.380. The molecule has 0 radical (unpaired) electrons. The molecule has 0 atom stereocenters. The third-order valence-corrected chi connectivity index (χ3v) is 4.37. The highest BCUT2D eigenvalue weighted by Crippen LogP contribution is 2.21. The van der Waals surface area contributed by atoms with Gasteiger partial charge in [0.1, 0.15) is 11.6 Å². The molecule has 31 heavy (non-hydrogen) atoms. The van der Waals surface area contributed by atoms with Gasteiger partial charge in [-0.25, -0.2) is 15.2 Å². The lowest BCUT2D eigenvalue weighted by Gasteiger charge is -2.16. The zero-order valence-electron chi connectivity index (χ0n) is 17.2. The number of nitrogens with one attached hydrogen (secondary N) is 2. The van der Waals surface area contributed by atoms with Crippen molar-refractivity contribution in [2.75, 3.05) is 31.5 Å². The van der Waals surface area contributed by atoms with Crippen molar-refractivity contribution < 1.29 is 9.53 Å². The molecular weight excluding hydrogens is 396 g/mol. The van der Waals surface area contributed by atoms with Crippen LogP contribution in [0.4, 0.5) is 11.6 Å².